The van der Waals surface area contributed by atoms with Crippen molar-refractivity contribution in [3.8, 4) is 0 Å². The maximum absolute atomic E-state index is 12.4. The molecule has 4 heteroatoms. The number of carbonyl (C=O) groups is 1. The highest BCUT2D eigenvalue weighted by atomic mass is 16.3. The molecule has 0 aliphatic heterocycles. The van der Waals surface area contributed by atoms with Gasteiger partial charge in [-0.25, -0.2) is 0 Å². The van der Waals surface area contributed by atoms with Crippen LogP contribution in [0.25, 0.3) is 0 Å². The average molecular weight is 862 g/mol. The highest BCUT2D eigenvalue weighted by Crippen LogP contribution is 2.16. The first-order chi connectivity index (χ1) is 30.7. The molecule has 0 heterocycles. The van der Waals surface area contributed by atoms with Crippen molar-refractivity contribution in [1.29, 1.82) is 0 Å². The lowest BCUT2D eigenvalue weighted by atomic mass is 10.0. The van der Waals surface area contributed by atoms with Gasteiger partial charge in [-0.05, 0) is 77.0 Å². The molecule has 4 nitrogen and oxygen atoms in total. The highest BCUT2D eigenvalue weighted by Gasteiger charge is 2.17. The standard InChI is InChI=1S/C58H103NO3/c1-3-5-7-9-11-13-15-17-19-21-23-25-27-28-29-30-32-33-35-37-39-41-43-45-47-49-51-53-57(61)56(55-60)59-58(62)54-52-50-48-46-44-42-40-38-36-34-31-26-24-22-20-18-16-14-12-10-8-6-4-2/h6,8,12,14,18,20,24,26,34,36,43,45,51,53,56-57,60-61H,3-5,7,9-11,13,15-17,19,21-23,25,27-33,35,37-42,44,46-50,52,54-55H2,1-2H3,(H,59,62)/b8-6-,14-12-,20-18-,26-24-,36-34-,45-43+,53-51+. The van der Waals surface area contributed by atoms with Gasteiger partial charge in [-0.2, -0.15) is 0 Å². The molecule has 0 rings (SSSR count). The third kappa shape index (κ3) is 48.6. The molecular formula is C58H103NO3. The van der Waals surface area contributed by atoms with Crippen LogP contribution in [-0.4, -0.2) is 34.9 Å². The van der Waals surface area contributed by atoms with E-state index in [1.54, 1.807) is 6.08 Å². The molecule has 0 saturated carbocycles. The summed E-state index contributed by atoms with van der Waals surface area (Å²) in [6, 6.07) is -0.652. The van der Waals surface area contributed by atoms with Crippen LogP contribution in [0.5, 0.6) is 0 Å². The van der Waals surface area contributed by atoms with E-state index in [1.807, 2.05) is 6.08 Å². The van der Waals surface area contributed by atoms with Crippen LogP contribution < -0.4 is 5.32 Å². The van der Waals surface area contributed by atoms with Crippen molar-refractivity contribution in [1.82, 2.24) is 5.32 Å². The minimum absolute atomic E-state index is 0.0864. The van der Waals surface area contributed by atoms with Crippen LogP contribution in [0.15, 0.2) is 85.1 Å². The van der Waals surface area contributed by atoms with Gasteiger partial charge in [-0.1, -0.05) is 259 Å². The zero-order valence-corrected chi connectivity index (χ0v) is 41.1. The summed E-state index contributed by atoms with van der Waals surface area (Å²) in [5, 5.41) is 23.1. The monoisotopic (exact) mass is 862 g/mol. The topological polar surface area (TPSA) is 69.6 Å². The molecule has 0 aliphatic carbocycles. The van der Waals surface area contributed by atoms with Crippen LogP contribution >= 0.6 is 0 Å². The van der Waals surface area contributed by atoms with Gasteiger partial charge < -0.3 is 15.5 Å². The largest absolute Gasteiger partial charge is 0.394 e. The number of amides is 1. The molecular weight excluding hydrogens is 759 g/mol. The van der Waals surface area contributed by atoms with Gasteiger partial charge in [-0.15, -0.1) is 0 Å². The Morgan fingerprint density at radius 2 is 0.726 bits per heavy atom. The Kier molecular flexibility index (Phi) is 50.8. The molecule has 358 valence electrons. The summed E-state index contributed by atoms with van der Waals surface area (Å²) in [5.74, 6) is -0.0864. The van der Waals surface area contributed by atoms with Gasteiger partial charge >= 0.3 is 0 Å². The number of nitrogens with one attached hydrogen (secondary N) is 1. The molecule has 0 spiro atoms. The van der Waals surface area contributed by atoms with E-state index < -0.39 is 12.1 Å². The van der Waals surface area contributed by atoms with Gasteiger partial charge in [0.15, 0.2) is 0 Å². The first-order valence-corrected chi connectivity index (χ1v) is 26.8. The summed E-state index contributed by atoms with van der Waals surface area (Å²) in [6.45, 7) is 4.19. The zero-order chi connectivity index (χ0) is 44.9. The maximum Gasteiger partial charge on any atom is 0.220 e. The lowest BCUT2D eigenvalue weighted by Gasteiger charge is -2.19. The normalized spacial score (nSPS) is 13.5. The molecule has 0 aliphatic rings. The molecule has 0 fully saturated rings. The quantitative estimate of drug-likeness (QED) is 0.0422. The Balaban J connectivity index is 3.60. The van der Waals surface area contributed by atoms with Crippen LogP contribution in [0.4, 0.5) is 0 Å². The van der Waals surface area contributed by atoms with E-state index in [9.17, 15) is 15.0 Å². The van der Waals surface area contributed by atoms with Crippen molar-refractivity contribution in [2.24, 2.45) is 0 Å². The Hall–Kier alpha value is -2.43. The van der Waals surface area contributed by atoms with Crippen molar-refractivity contribution in [2.75, 3.05) is 6.61 Å². The summed E-state index contributed by atoms with van der Waals surface area (Å²) in [5.41, 5.74) is 0. The Morgan fingerprint density at radius 1 is 0.403 bits per heavy atom. The number of aliphatic hydroxyl groups excluding tert-OH is 2. The van der Waals surface area contributed by atoms with E-state index in [4.69, 9.17) is 0 Å². The number of hydrogen-bond donors (Lipinski definition) is 3. The summed E-state index contributed by atoms with van der Waals surface area (Å²) in [4.78, 5) is 12.4. The second-order valence-corrected chi connectivity index (χ2v) is 17.9. The first-order valence-electron chi connectivity index (χ1n) is 26.8. The number of hydrogen-bond acceptors (Lipinski definition) is 3. The van der Waals surface area contributed by atoms with Crippen LogP contribution in [0.3, 0.4) is 0 Å². The number of allylic oxidation sites excluding steroid dienone is 13. The Morgan fingerprint density at radius 3 is 1.13 bits per heavy atom. The number of carbonyl (C=O) groups excluding carboxylic acids is 1. The van der Waals surface area contributed by atoms with Gasteiger partial charge in [0.1, 0.15) is 0 Å². The third-order valence-electron chi connectivity index (χ3n) is 11.9. The fraction of sp³-hybridized carbons (Fsp3) is 0.741. The van der Waals surface area contributed by atoms with Crippen molar-refractivity contribution in [3.63, 3.8) is 0 Å². The molecule has 0 aromatic rings. The first kappa shape index (κ1) is 59.6. The van der Waals surface area contributed by atoms with Gasteiger partial charge in [0.2, 0.25) is 5.91 Å². The lowest BCUT2D eigenvalue weighted by molar-refractivity contribution is -0.123. The highest BCUT2D eigenvalue weighted by molar-refractivity contribution is 5.76. The lowest BCUT2D eigenvalue weighted by Crippen LogP contribution is -2.45. The minimum atomic E-state index is -0.873. The predicted octanol–water partition coefficient (Wildman–Crippen LogP) is 17.6. The molecule has 0 aromatic carbocycles. The third-order valence-corrected chi connectivity index (χ3v) is 11.9. The van der Waals surface area contributed by atoms with Crippen LogP contribution in [0.2, 0.25) is 0 Å². The zero-order valence-electron chi connectivity index (χ0n) is 41.1. The summed E-state index contributed by atoms with van der Waals surface area (Å²) in [7, 11) is 0. The molecule has 0 saturated heterocycles. The summed E-state index contributed by atoms with van der Waals surface area (Å²) < 4.78 is 0. The average Bonchev–Trinajstić information content (AvgIpc) is 3.28. The van der Waals surface area contributed by atoms with Crippen molar-refractivity contribution in [3.05, 3.63) is 85.1 Å². The molecule has 2 atom stereocenters. The Labute approximate surface area is 386 Å². The molecule has 0 aromatic heterocycles. The fourth-order valence-corrected chi connectivity index (χ4v) is 7.81. The van der Waals surface area contributed by atoms with Crippen molar-refractivity contribution < 1.29 is 15.0 Å². The minimum Gasteiger partial charge on any atom is -0.394 e. The summed E-state index contributed by atoms with van der Waals surface area (Å²) in [6.07, 6.45) is 77.3. The summed E-state index contributed by atoms with van der Waals surface area (Å²) >= 11 is 0. The maximum atomic E-state index is 12.4. The van der Waals surface area contributed by atoms with Crippen molar-refractivity contribution >= 4 is 5.91 Å². The van der Waals surface area contributed by atoms with E-state index in [-0.39, 0.29) is 12.5 Å². The smallest absolute Gasteiger partial charge is 0.220 e. The van der Waals surface area contributed by atoms with Crippen LogP contribution in [0, 0.1) is 0 Å². The van der Waals surface area contributed by atoms with Crippen LogP contribution in [0.1, 0.15) is 258 Å². The van der Waals surface area contributed by atoms with Gasteiger partial charge in [0.25, 0.3) is 0 Å². The van der Waals surface area contributed by atoms with E-state index in [1.165, 1.54) is 161 Å². The molecule has 3 N–H and O–H groups in total. The molecule has 0 bridgehead atoms. The second kappa shape index (κ2) is 52.9. The van der Waals surface area contributed by atoms with E-state index >= 15 is 0 Å². The number of unbranched alkanes of at least 4 members (excludes halogenated alkanes) is 29. The van der Waals surface area contributed by atoms with Gasteiger partial charge in [0.05, 0.1) is 18.8 Å². The van der Waals surface area contributed by atoms with E-state index in [0.29, 0.717) is 6.42 Å². The molecule has 62 heavy (non-hydrogen) atoms. The van der Waals surface area contributed by atoms with Crippen molar-refractivity contribution in [2.45, 2.75) is 270 Å². The SMILES string of the molecule is CC/C=C\C/C=C\C/C=C\C/C=C\C/C=C\CCCCCCCCCC(=O)NC(CO)C(O)/C=C/CC/C=C/CCCCCCCCCCCCCCCCCCCCCCC. The fourth-order valence-electron chi connectivity index (χ4n) is 7.81. The predicted molar refractivity (Wildman–Crippen MR) is 276 cm³/mol. The van der Waals surface area contributed by atoms with E-state index in [2.05, 4.69) is 92.1 Å². The number of aliphatic hydroxyl groups is 2. The second-order valence-electron chi connectivity index (χ2n) is 17.9. The van der Waals surface area contributed by atoms with Crippen LogP contribution in [-0.2, 0) is 4.79 Å². The van der Waals surface area contributed by atoms with Gasteiger partial charge in [-0.3, -0.25) is 4.79 Å². The number of rotatable bonds is 48. The Bertz CT molecular complexity index is 1110. The van der Waals surface area contributed by atoms with Gasteiger partial charge in [0, 0.05) is 6.42 Å². The van der Waals surface area contributed by atoms with E-state index in [0.717, 1.165) is 77.0 Å². The molecule has 2 unspecified atom stereocenters. The molecule has 0 radical (unpaired) electrons. The molecule has 1 amide bonds.